The number of rotatable bonds is 4. The zero-order valence-corrected chi connectivity index (χ0v) is 14.1. The van der Waals surface area contributed by atoms with Gasteiger partial charge in [0.15, 0.2) is 6.10 Å². The van der Waals surface area contributed by atoms with E-state index in [0.29, 0.717) is 14.9 Å². The van der Waals surface area contributed by atoms with E-state index in [2.05, 4.69) is 21.2 Å². The molecular weight excluding hydrogens is 378 g/mol. The Bertz CT molecular complexity index is 656. The summed E-state index contributed by atoms with van der Waals surface area (Å²) < 4.78 is 6.50. The first kappa shape index (κ1) is 16.0. The van der Waals surface area contributed by atoms with E-state index in [-0.39, 0.29) is 0 Å². The highest BCUT2D eigenvalue weighted by Gasteiger charge is 2.20. The average molecular weight is 389 g/mol. The molecule has 4 nitrogen and oxygen atoms in total. The first-order chi connectivity index (χ1) is 9.95. The Hall–Kier alpha value is -1.37. The minimum atomic E-state index is -0.901. The number of anilines is 1. The molecule has 0 saturated carbocycles. The monoisotopic (exact) mass is 387 g/mol. The highest BCUT2D eigenvalue weighted by Crippen LogP contribution is 2.22. The zero-order chi connectivity index (χ0) is 15.4. The maximum Gasteiger partial charge on any atom is 0.349 e. The number of nitrogens with one attached hydrogen (secondary N) is 1. The predicted molar refractivity (Wildman–Crippen MR) is 87.0 cm³/mol. The van der Waals surface area contributed by atoms with Crippen LogP contribution in [0.15, 0.2) is 40.9 Å². The zero-order valence-electron chi connectivity index (χ0n) is 10.9. The fourth-order valence-electron chi connectivity index (χ4n) is 1.47. The van der Waals surface area contributed by atoms with Crippen LogP contribution in [-0.2, 0) is 9.53 Å². The van der Waals surface area contributed by atoms with Crippen molar-refractivity contribution in [1.82, 2.24) is 0 Å². The van der Waals surface area contributed by atoms with Crippen molar-refractivity contribution >= 4 is 56.4 Å². The highest BCUT2D eigenvalue weighted by molar-refractivity contribution is 9.10. The van der Waals surface area contributed by atoms with Crippen LogP contribution in [0.25, 0.3) is 0 Å². The molecule has 1 N–H and O–H groups in total. The lowest BCUT2D eigenvalue weighted by Crippen LogP contribution is -2.29. The summed E-state index contributed by atoms with van der Waals surface area (Å²) in [6, 6.07) is 10.3. The minimum Gasteiger partial charge on any atom is -0.448 e. The van der Waals surface area contributed by atoms with Crippen LogP contribution in [-0.4, -0.2) is 18.0 Å². The number of carbonyl (C=O) groups is 2. The van der Waals surface area contributed by atoms with E-state index >= 15 is 0 Å². The third kappa shape index (κ3) is 4.56. The molecule has 7 heteroatoms. The number of hydrogen-bond acceptors (Lipinski definition) is 4. The molecule has 1 aromatic carbocycles. The van der Waals surface area contributed by atoms with Crippen LogP contribution in [0.1, 0.15) is 16.6 Å². The van der Waals surface area contributed by atoms with Crippen LogP contribution in [0.2, 0.25) is 4.34 Å². The van der Waals surface area contributed by atoms with Gasteiger partial charge in [0.2, 0.25) is 0 Å². The maximum atomic E-state index is 11.9. The molecule has 0 spiro atoms. The van der Waals surface area contributed by atoms with Crippen molar-refractivity contribution in [3.05, 3.63) is 50.1 Å². The quantitative estimate of drug-likeness (QED) is 0.792. The molecule has 0 aliphatic rings. The number of thiophene rings is 1. The third-order valence-electron chi connectivity index (χ3n) is 2.54. The molecule has 2 aromatic rings. The van der Waals surface area contributed by atoms with Gasteiger partial charge in [0.25, 0.3) is 5.91 Å². The molecule has 0 saturated heterocycles. The van der Waals surface area contributed by atoms with Crippen molar-refractivity contribution in [2.24, 2.45) is 0 Å². The Morgan fingerprint density at radius 3 is 2.48 bits per heavy atom. The Labute approximate surface area is 139 Å². The molecule has 0 unspecified atom stereocenters. The Morgan fingerprint density at radius 2 is 1.90 bits per heavy atom. The van der Waals surface area contributed by atoms with Gasteiger partial charge in [-0.25, -0.2) is 4.79 Å². The molecule has 0 aliphatic carbocycles. The molecule has 0 aliphatic heterocycles. The van der Waals surface area contributed by atoms with Crippen molar-refractivity contribution in [3.63, 3.8) is 0 Å². The maximum absolute atomic E-state index is 11.9. The molecule has 0 radical (unpaired) electrons. The highest BCUT2D eigenvalue weighted by atomic mass is 79.9. The average Bonchev–Trinajstić information content (AvgIpc) is 2.88. The van der Waals surface area contributed by atoms with Gasteiger partial charge in [-0.2, -0.15) is 0 Å². The lowest BCUT2D eigenvalue weighted by atomic mass is 10.3. The van der Waals surface area contributed by atoms with E-state index < -0.39 is 18.0 Å². The van der Waals surface area contributed by atoms with Crippen LogP contribution in [0.4, 0.5) is 5.69 Å². The largest absolute Gasteiger partial charge is 0.448 e. The van der Waals surface area contributed by atoms with Gasteiger partial charge in [-0.3, -0.25) is 4.79 Å². The van der Waals surface area contributed by atoms with Crippen LogP contribution >= 0.6 is 38.9 Å². The summed E-state index contributed by atoms with van der Waals surface area (Å²) in [5.41, 5.74) is 0.630. The summed E-state index contributed by atoms with van der Waals surface area (Å²) in [5, 5.41) is 2.67. The summed E-state index contributed by atoms with van der Waals surface area (Å²) in [7, 11) is 0. The SMILES string of the molecule is C[C@H](OC(=O)c1ccc(Cl)s1)C(=O)Nc1ccc(Br)cc1. The van der Waals surface area contributed by atoms with E-state index in [1.54, 1.807) is 36.4 Å². The molecule has 21 heavy (non-hydrogen) atoms. The van der Waals surface area contributed by atoms with Gasteiger partial charge in [0, 0.05) is 10.2 Å². The third-order valence-corrected chi connectivity index (χ3v) is 4.28. The van der Waals surface area contributed by atoms with Gasteiger partial charge in [-0.05, 0) is 43.3 Å². The van der Waals surface area contributed by atoms with Gasteiger partial charge in [-0.1, -0.05) is 27.5 Å². The summed E-state index contributed by atoms with van der Waals surface area (Å²) in [6.45, 7) is 1.52. The Morgan fingerprint density at radius 1 is 1.24 bits per heavy atom. The number of ether oxygens (including phenoxy) is 1. The topological polar surface area (TPSA) is 55.4 Å². The number of hydrogen-bond donors (Lipinski definition) is 1. The van der Waals surface area contributed by atoms with Gasteiger partial charge >= 0.3 is 5.97 Å². The van der Waals surface area contributed by atoms with Crippen LogP contribution in [0, 0.1) is 0 Å². The van der Waals surface area contributed by atoms with E-state index in [0.717, 1.165) is 15.8 Å². The lowest BCUT2D eigenvalue weighted by molar-refractivity contribution is -0.123. The predicted octanol–water partition coefficient (Wildman–Crippen LogP) is 4.35. The second-order valence-corrected chi connectivity index (χ2v) is 6.78. The smallest absolute Gasteiger partial charge is 0.349 e. The molecular formula is C14H11BrClNO3S. The second kappa shape index (κ2) is 7.06. The van der Waals surface area contributed by atoms with E-state index in [1.807, 2.05) is 0 Å². The second-order valence-electron chi connectivity index (χ2n) is 4.15. The number of benzene rings is 1. The number of amides is 1. The summed E-state index contributed by atoms with van der Waals surface area (Å²) in [5.74, 6) is -0.960. The van der Waals surface area contributed by atoms with Crippen molar-refractivity contribution < 1.29 is 14.3 Å². The fraction of sp³-hybridized carbons (Fsp3) is 0.143. The Kier molecular flexibility index (Phi) is 5.39. The van der Waals surface area contributed by atoms with Crippen molar-refractivity contribution in [3.8, 4) is 0 Å². The van der Waals surface area contributed by atoms with Gasteiger partial charge in [0.1, 0.15) is 4.88 Å². The molecule has 1 aromatic heterocycles. The van der Waals surface area contributed by atoms with Crippen LogP contribution < -0.4 is 5.32 Å². The molecule has 0 fully saturated rings. The molecule has 2 rings (SSSR count). The van der Waals surface area contributed by atoms with Gasteiger partial charge in [0.05, 0.1) is 4.34 Å². The van der Waals surface area contributed by atoms with Crippen molar-refractivity contribution in [2.45, 2.75) is 13.0 Å². The normalized spacial score (nSPS) is 11.8. The lowest BCUT2D eigenvalue weighted by Gasteiger charge is -2.13. The summed E-state index contributed by atoms with van der Waals surface area (Å²) >= 11 is 10.2. The summed E-state index contributed by atoms with van der Waals surface area (Å²) in [4.78, 5) is 24.1. The van der Waals surface area contributed by atoms with Crippen molar-refractivity contribution in [1.29, 1.82) is 0 Å². The minimum absolute atomic E-state index is 0.364. The first-order valence-electron chi connectivity index (χ1n) is 5.98. The molecule has 0 bridgehead atoms. The van der Waals surface area contributed by atoms with E-state index in [1.165, 1.54) is 6.92 Å². The molecule has 1 atom stereocenters. The summed E-state index contributed by atoms with van der Waals surface area (Å²) in [6.07, 6.45) is -0.901. The van der Waals surface area contributed by atoms with Crippen LogP contribution in [0.3, 0.4) is 0 Å². The van der Waals surface area contributed by atoms with Gasteiger partial charge < -0.3 is 10.1 Å². The number of carbonyl (C=O) groups excluding carboxylic acids is 2. The first-order valence-corrected chi connectivity index (χ1v) is 7.97. The number of esters is 1. The van der Waals surface area contributed by atoms with E-state index in [4.69, 9.17) is 16.3 Å². The standard InChI is InChI=1S/C14H11BrClNO3S/c1-8(20-14(19)11-6-7-12(16)21-11)13(18)17-10-4-2-9(15)3-5-10/h2-8H,1H3,(H,17,18)/t8-/m0/s1. The van der Waals surface area contributed by atoms with Gasteiger partial charge in [-0.15, -0.1) is 11.3 Å². The molecule has 1 heterocycles. The van der Waals surface area contributed by atoms with Crippen LogP contribution in [0.5, 0.6) is 0 Å². The molecule has 110 valence electrons. The number of halogens is 2. The Balaban J connectivity index is 1.93. The molecule has 1 amide bonds. The fourth-order valence-corrected chi connectivity index (χ4v) is 2.66. The van der Waals surface area contributed by atoms with Crippen molar-refractivity contribution in [2.75, 3.05) is 5.32 Å². The van der Waals surface area contributed by atoms with E-state index in [9.17, 15) is 9.59 Å².